The quantitative estimate of drug-likeness (QED) is 0.450. The molecule has 0 spiro atoms. The van der Waals surface area contributed by atoms with Crippen LogP contribution in [0.3, 0.4) is 0 Å². The fraction of sp³-hybridized carbons (Fsp3) is 0.833. The van der Waals surface area contributed by atoms with Crippen molar-refractivity contribution in [3.63, 3.8) is 0 Å². The Kier molecular flexibility index (Phi) is 4.50. The third-order valence-corrected chi connectivity index (χ3v) is 1.59. The van der Waals surface area contributed by atoms with E-state index in [0.29, 0.717) is 5.88 Å². The van der Waals surface area contributed by atoms with Gasteiger partial charge < -0.3 is 4.74 Å². The Balaban J connectivity index is 3.64. The van der Waals surface area contributed by atoms with Gasteiger partial charge in [-0.25, -0.2) is 0 Å². The van der Waals surface area contributed by atoms with Crippen LogP contribution in [-0.2, 0) is 9.53 Å². The molecule has 0 heterocycles. The van der Waals surface area contributed by atoms with Gasteiger partial charge >= 0.3 is 5.97 Å². The minimum atomic E-state index is -0.215. The van der Waals surface area contributed by atoms with Crippen molar-refractivity contribution >= 4 is 17.6 Å². The lowest BCUT2D eigenvalue weighted by atomic mass is 10.1. The van der Waals surface area contributed by atoms with Gasteiger partial charge in [0.25, 0.3) is 0 Å². The minimum Gasteiger partial charge on any atom is -0.469 e. The first kappa shape index (κ1) is 8.76. The van der Waals surface area contributed by atoms with E-state index in [1.54, 1.807) is 0 Å². The first-order valence-electron chi connectivity index (χ1n) is 2.90. The van der Waals surface area contributed by atoms with Crippen LogP contribution >= 0.6 is 11.6 Å². The number of carbonyl (C=O) groups excluding carboxylic acids is 1. The van der Waals surface area contributed by atoms with Crippen LogP contribution in [0.15, 0.2) is 0 Å². The van der Waals surface area contributed by atoms with Gasteiger partial charge in [-0.05, 0) is 6.42 Å². The lowest BCUT2D eigenvalue weighted by Crippen LogP contribution is -2.16. The highest BCUT2D eigenvalue weighted by Gasteiger charge is 2.14. The molecule has 0 aliphatic heterocycles. The molecule has 3 heteroatoms. The van der Waals surface area contributed by atoms with Crippen LogP contribution in [0.5, 0.6) is 0 Å². The molecule has 0 aromatic heterocycles. The topological polar surface area (TPSA) is 26.3 Å². The van der Waals surface area contributed by atoms with E-state index in [1.165, 1.54) is 7.11 Å². The monoisotopic (exact) mass is 150 g/mol. The van der Waals surface area contributed by atoms with Crippen LogP contribution < -0.4 is 0 Å². The van der Waals surface area contributed by atoms with Gasteiger partial charge in [0.1, 0.15) is 0 Å². The smallest absolute Gasteiger partial charge is 0.309 e. The molecule has 0 fully saturated rings. The molecule has 0 amide bonds. The molecular weight excluding hydrogens is 140 g/mol. The van der Waals surface area contributed by atoms with Crippen molar-refractivity contribution in [2.45, 2.75) is 13.3 Å². The van der Waals surface area contributed by atoms with E-state index < -0.39 is 0 Å². The zero-order valence-corrected chi connectivity index (χ0v) is 6.44. The number of hydrogen-bond acceptors (Lipinski definition) is 2. The summed E-state index contributed by atoms with van der Waals surface area (Å²) in [5.41, 5.74) is 0. The van der Waals surface area contributed by atoms with Crippen molar-refractivity contribution in [1.29, 1.82) is 0 Å². The van der Waals surface area contributed by atoms with E-state index in [4.69, 9.17) is 11.6 Å². The zero-order chi connectivity index (χ0) is 7.28. The van der Waals surface area contributed by atoms with Gasteiger partial charge in [0.15, 0.2) is 0 Å². The summed E-state index contributed by atoms with van der Waals surface area (Å²) in [5, 5.41) is 0. The molecule has 2 nitrogen and oxygen atoms in total. The highest BCUT2D eigenvalue weighted by molar-refractivity contribution is 6.19. The summed E-state index contributed by atoms with van der Waals surface area (Å²) < 4.78 is 4.47. The number of methoxy groups -OCH3 is 1. The number of rotatable bonds is 3. The number of halogens is 1. The molecule has 0 bridgehead atoms. The summed E-state index contributed by atoms with van der Waals surface area (Å²) in [7, 11) is 1.37. The lowest BCUT2D eigenvalue weighted by molar-refractivity contribution is -0.144. The molecule has 0 aliphatic carbocycles. The minimum absolute atomic E-state index is 0.128. The maximum atomic E-state index is 10.7. The fourth-order valence-electron chi connectivity index (χ4n) is 0.505. The largest absolute Gasteiger partial charge is 0.469 e. The van der Waals surface area contributed by atoms with Crippen LogP contribution in [-0.4, -0.2) is 19.0 Å². The highest BCUT2D eigenvalue weighted by Crippen LogP contribution is 2.05. The van der Waals surface area contributed by atoms with Crippen LogP contribution in [0, 0.1) is 5.92 Å². The van der Waals surface area contributed by atoms with Gasteiger partial charge in [-0.3, -0.25) is 4.79 Å². The van der Waals surface area contributed by atoms with Crippen molar-refractivity contribution in [1.82, 2.24) is 0 Å². The summed E-state index contributed by atoms with van der Waals surface area (Å²) in [4.78, 5) is 10.7. The molecule has 0 aromatic rings. The maximum Gasteiger partial charge on any atom is 0.309 e. The molecule has 1 unspecified atom stereocenters. The van der Waals surface area contributed by atoms with Crippen molar-refractivity contribution in [2.75, 3.05) is 13.0 Å². The normalized spacial score (nSPS) is 12.8. The predicted molar refractivity (Wildman–Crippen MR) is 36.5 cm³/mol. The second-order valence-corrected chi connectivity index (χ2v) is 2.09. The molecule has 0 aliphatic rings. The number of ether oxygens (including phenoxy) is 1. The van der Waals surface area contributed by atoms with Gasteiger partial charge in [0.05, 0.1) is 13.0 Å². The molecule has 0 rings (SSSR count). The van der Waals surface area contributed by atoms with E-state index in [-0.39, 0.29) is 11.9 Å². The van der Waals surface area contributed by atoms with E-state index in [9.17, 15) is 4.79 Å². The van der Waals surface area contributed by atoms with Crippen LogP contribution in [0.4, 0.5) is 0 Å². The molecule has 0 saturated carbocycles. The summed E-state index contributed by atoms with van der Waals surface area (Å²) in [5.74, 6) is 0.00701. The Morgan fingerprint density at radius 1 is 1.78 bits per heavy atom. The lowest BCUT2D eigenvalue weighted by Gasteiger charge is -2.06. The predicted octanol–water partition coefficient (Wildman–Crippen LogP) is 1.42. The van der Waals surface area contributed by atoms with Crippen molar-refractivity contribution in [2.24, 2.45) is 5.92 Å². The molecule has 54 valence electrons. The molecule has 0 radical (unpaired) electrons. The number of alkyl halides is 1. The Morgan fingerprint density at radius 2 is 2.33 bits per heavy atom. The fourth-order valence-corrected chi connectivity index (χ4v) is 0.850. The van der Waals surface area contributed by atoms with Crippen LogP contribution in [0.1, 0.15) is 13.3 Å². The average Bonchev–Trinajstić information content (AvgIpc) is 1.90. The summed E-state index contributed by atoms with van der Waals surface area (Å²) >= 11 is 5.44. The van der Waals surface area contributed by atoms with Gasteiger partial charge in [0, 0.05) is 5.88 Å². The second kappa shape index (κ2) is 4.62. The number of carbonyl (C=O) groups is 1. The first-order valence-corrected chi connectivity index (χ1v) is 3.43. The zero-order valence-electron chi connectivity index (χ0n) is 5.69. The number of esters is 1. The van der Waals surface area contributed by atoms with Gasteiger partial charge in [-0.2, -0.15) is 0 Å². The standard InChI is InChI=1S/C6H11ClO2/c1-3-5(4-7)6(8)9-2/h5H,3-4H2,1-2H3. The maximum absolute atomic E-state index is 10.7. The Hall–Kier alpha value is -0.240. The Labute approximate surface area is 60.1 Å². The molecule has 0 N–H and O–H groups in total. The second-order valence-electron chi connectivity index (χ2n) is 1.78. The summed E-state index contributed by atoms with van der Waals surface area (Å²) in [6.07, 6.45) is 0.746. The SMILES string of the molecule is CCC(CCl)C(=O)OC. The highest BCUT2D eigenvalue weighted by atomic mass is 35.5. The third-order valence-electron chi connectivity index (χ3n) is 1.21. The molecule has 0 aromatic carbocycles. The van der Waals surface area contributed by atoms with Crippen molar-refractivity contribution in [3.8, 4) is 0 Å². The number of hydrogen-bond donors (Lipinski definition) is 0. The van der Waals surface area contributed by atoms with Gasteiger partial charge in [-0.1, -0.05) is 6.92 Å². The molecule has 1 atom stereocenters. The van der Waals surface area contributed by atoms with E-state index in [0.717, 1.165) is 6.42 Å². The van der Waals surface area contributed by atoms with Crippen LogP contribution in [0.25, 0.3) is 0 Å². The van der Waals surface area contributed by atoms with E-state index >= 15 is 0 Å². The summed E-state index contributed by atoms with van der Waals surface area (Å²) in [6.45, 7) is 1.91. The van der Waals surface area contributed by atoms with Crippen molar-refractivity contribution < 1.29 is 9.53 Å². The molecule has 9 heavy (non-hydrogen) atoms. The third kappa shape index (κ3) is 2.70. The van der Waals surface area contributed by atoms with E-state index in [2.05, 4.69) is 4.74 Å². The van der Waals surface area contributed by atoms with Gasteiger partial charge in [-0.15, -0.1) is 11.6 Å². The summed E-state index contributed by atoms with van der Waals surface area (Å²) in [6, 6.07) is 0. The van der Waals surface area contributed by atoms with Crippen LogP contribution in [0.2, 0.25) is 0 Å². The first-order chi connectivity index (χ1) is 4.26. The molecular formula is C6H11ClO2. The van der Waals surface area contributed by atoms with Crippen molar-refractivity contribution in [3.05, 3.63) is 0 Å². The Bertz CT molecular complexity index is 89.1. The Morgan fingerprint density at radius 3 is 2.44 bits per heavy atom. The molecule has 0 saturated heterocycles. The van der Waals surface area contributed by atoms with E-state index in [1.807, 2.05) is 6.92 Å². The van der Waals surface area contributed by atoms with Gasteiger partial charge in [0.2, 0.25) is 0 Å². The average molecular weight is 151 g/mol.